The number of benzene rings is 2. The lowest BCUT2D eigenvalue weighted by atomic mass is 10.2. The van der Waals surface area contributed by atoms with Crippen molar-refractivity contribution in [3.63, 3.8) is 0 Å². The second kappa shape index (κ2) is 6.37. The number of aromatic carboxylic acids is 1. The second-order valence-corrected chi connectivity index (χ2v) is 6.61. The zero-order valence-electron chi connectivity index (χ0n) is 11.3. The fraction of sp³-hybridized carbons (Fsp3) is 0.0714. The van der Waals surface area contributed by atoms with Crippen LogP contribution in [0.25, 0.3) is 0 Å². The number of carbonyl (C=O) groups is 1. The van der Waals surface area contributed by atoms with Crippen molar-refractivity contribution in [2.45, 2.75) is 4.90 Å². The summed E-state index contributed by atoms with van der Waals surface area (Å²) in [5.41, 5.74) is -0.148. The molecular formula is C14H10BrO6S-. The summed E-state index contributed by atoms with van der Waals surface area (Å²) in [4.78, 5) is 10.7. The van der Waals surface area contributed by atoms with Gasteiger partial charge in [-0.2, -0.15) is 8.42 Å². The molecule has 2 aromatic rings. The number of hydrogen-bond acceptors (Lipinski definition) is 6. The highest BCUT2D eigenvalue weighted by Crippen LogP contribution is 2.30. The van der Waals surface area contributed by atoms with Gasteiger partial charge in [-0.3, -0.25) is 0 Å². The first-order valence-corrected chi connectivity index (χ1v) is 8.13. The molecule has 0 radical (unpaired) electrons. The van der Waals surface area contributed by atoms with Gasteiger partial charge in [-0.1, -0.05) is 15.9 Å². The molecule has 0 fully saturated rings. The highest BCUT2D eigenvalue weighted by molar-refractivity contribution is 9.10. The van der Waals surface area contributed by atoms with Crippen LogP contribution in [-0.4, -0.2) is 21.5 Å². The molecule has 0 heterocycles. The molecule has 2 rings (SSSR count). The number of carboxylic acid groups (broad SMARTS) is 1. The summed E-state index contributed by atoms with van der Waals surface area (Å²) in [7, 11) is -2.79. The first-order valence-electron chi connectivity index (χ1n) is 5.93. The van der Waals surface area contributed by atoms with Crippen molar-refractivity contribution in [2.75, 3.05) is 7.11 Å². The van der Waals surface area contributed by atoms with Gasteiger partial charge in [0.25, 0.3) is 0 Å². The molecule has 0 N–H and O–H groups in total. The van der Waals surface area contributed by atoms with Gasteiger partial charge in [0.15, 0.2) is 11.5 Å². The number of carboxylic acids is 1. The topological polar surface area (TPSA) is 92.7 Å². The molecular weight excluding hydrogens is 376 g/mol. The Balaban J connectivity index is 2.37. The van der Waals surface area contributed by atoms with Gasteiger partial charge in [0.05, 0.1) is 13.1 Å². The Hall–Kier alpha value is -2.06. The van der Waals surface area contributed by atoms with Crippen LogP contribution in [0.5, 0.6) is 11.5 Å². The average Bonchev–Trinajstić information content (AvgIpc) is 2.47. The molecule has 0 saturated carbocycles. The molecule has 8 heteroatoms. The van der Waals surface area contributed by atoms with E-state index in [4.69, 9.17) is 8.92 Å². The monoisotopic (exact) mass is 385 g/mol. The van der Waals surface area contributed by atoms with Crippen LogP contribution in [0.4, 0.5) is 0 Å². The molecule has 0 aliphatic heterocycles. The van der Waals surface area contributed by atoms with Gasteiger partial charge in [0.2, 0.25) is 0 Å². The van der Waals surface area contributed by atoms with Gasteiger partial charge in [0, 0.05) is 10.0 Å². The number of ether oxygens (including phenoxy) is 1. The summed E-state index contributed by atoms with van der Waals surface area (Å²) in [6.45, 7) is 0. The largest absolute Gasteiger partial charge is 0.545 e. The fourth-order valence-electron chi connectivity index (χ4n) is 1.63. The minimum Gasteiger partial charge on any atom is -0.545 e. The lowest BCUT2D eigenvalue weighted by Gasteiger charge is -2.12. The van der Waals surface area contributed by atoms with Crippen molar-refractivity contribution in [1.82, 2.24) is 0 Å². The van der Waals surface area contributed by atoms with Crippen LogP contribution in [0.15, 0.2) is 51.8 Å². The van der Waals surface area contributed by atoms with Crippen molar-refractivity contribution in [3.8, 4) is 11.5 Å². The molecule has 0 unspecified atom stereocenters. The smallest absolute Gasteiger partial charge is 0.339 e. The van der Waals surface area contributed by atoms with E-state index in [2.05, 4.69) is 15.9 Å². The van der Waals surface area contributed by atoms with Crippen molar-refractivity contribution in [3.05, 3.63) is 52.5 Å². The highest BCUT2D eigenvalue weighted by atomic mass is 79.9. The lowest BCUT2D eigenvalue weighted by molar-refractivity contribution is -0.255. The molecule has 0 atom stereocenters. The van der Waals surface area contributed by atoms with E-state index >= 15 is 0 Å². The third-order valence-corrected chi connectivity index (χ3v) is 4.48. The molecule has 116 valence electrons. The standard InChI is InChI=1S/C14H11BrO6S/c1-20-13-8-9(14(16)17)2-7-12(13)21-22(18,19)11-5-3-10(15)4-6-11/h2-8H,1H3,(H,16,17)/p-1. The Labute approximate surface area is 135 Å². The molecule has 0 aliphatic rings. The second-order valence-electron chi connectivity index (χ2n) is 4.14. The summed E-state index contributed by atoms with van der Waals surface area (Å²) in [5, 5.41) is 10.8. The molecule has 6 nitrogen and oxygen atoms in total. The van der Waals surface area contributed by atoms with Crippen LogP contribution < -0.4 is 14.0 Å². The lowest BCUT2D eigenvalue weighted by Crippen LogP contribution is -2.22. The average molecular weight is 386 g/mol. The van der Waals surface area contributed by atoms with Crippen LogP contribution in [0.1, 0.15) is 10.4 Å². The number of hydrogen-bond donors (Lipinski definition) is 0. The van der Waals surface area contributed by atoms with Crippen LogP contribution >= 0.6 is 15.9 Å². The molecule has 0 saturated heterocycles. The summed E-state index contributed by atoms with van der Waals surface area (Å²) in [5.74, 6) is -1.54. The summed E-state index contributed by atoms with van der Waals surface area (Å²) >= 11 is 3.21. The van der Waals surface area contributed by atoms with E-state index in [0.29, 0.717) is 0 Å². The quantitative estimate of drug-likeness (QED) is 0.725. The van der Waals surface area contributed by atoms with Crippen LogP contribution in [0.3, 0.4) is 0 Å². The maximum Gasteiger partial charge on any atom is 0.339 e. The zero-order chi connectivity index (χ0) is 16.3. The molecule has 22 heavy (non-hydrogen) atoms. The van der Waals surface area contributed by atoms with Crippen molar-refractivity contribution < 1.29 is 27.2 Å². The van der Waals surface area contributed by atoms with Gasteiger partial charge in [0.1, 0.15) is 4.90 Å². The predicted octanol–water partition coefficient (Wildman–Crippen LogP) is 1.59. The first-order chi connectivity index (χ1) is 10.3. The van der Waals surface area contributed by atoms with Crippen LogP contribution in [-0.2, 0) is 10.1 Å². The van der Waals surface area contributed by atoms with Gasteiger partial charge in [-0.25, -0.2) is 0 Å². The Bertz CT molecular complexity index is 799. The zero-order valence-corrected chi connectivity index (χ0v) is 13.7. The summed E-state index contributed by atoms with van der Waals surface area (Å²) < 4.78 is 35.0. The minimum atomic E-state index is -4.06. The Morgan fingerprint density at radius 1 is 1.09 bits per heavy atom. The van der Waals surface area contributed by atoms with Crippen molar-refractivity contribution >= 4 is 32.0 Å². The van der Waals surface area contributed by atoms with Gasteiger partial charge in [-0.05, 0) is 42.5 Å². The third kappa shape index (κ3) is 3.58. The Morgan fingerprint density at radius 2 is 1.73 bits per heavy atom. The molecule has 0 bridgehead atoms. The van der Waals surface area contributed by atoms with E-state index < -0.39 is 16.1 Å². The Morgan fingerprint density at radius 3 is 2.27 bits per heavy atom. The van der Waals surface area contributed by atoms with E-state index in [1.54, 1.807) is 12.1 Å². The SMILES string of the molecule is COc1cc(C(=O)[O-])ccc1OS(=O)(=O)c1ccc(Br)cc1. The van der Waals surface area contributed by atoms with E-state index in [0.717, 1.165) is 10.5 Å². The van der Waals surface area contributed by atoms with Crippen LogP contribution in [0, 0.1) is 0 Å². The van der Waals surface area contributed by atoms with E-state index in [9.17, 15) is 18.3 Å². The van der Waals surface area contributed by atoms with E-state index in [1.807, 2.05) is 0 Å². The fourth-order valence-corrected chi connectivity index (χ4v) is 2.84. The third-order valence-electron chi connectivity index (χ3n) is 2.70. The van der Waals surface area contributed by atoms with Crippen molar-refractivity contribution in [2.24, 2.45) is 0 Å². The molecule has 0 aromatic heterocycles. The highest BCUT2D eigenvalue weighted by Gasteiger charge is 2.19. The Kier molecular flexibility index (Phi) is 4.72. The van der Waals surface area contributed by atoms with Gasteiger partial charge >= 0.3 is 10.1 Å². The number of carbonyl (C=O) groups excluding carboxylic acids is 1. The summed E-state index contributed by atoms with van der Waals surface area (Å²) in [6.07, 6.45) is 0. The molecule has 2 aromatic carbocycles. The van der Waals surface area contributed by atoms with Crippen molar-refractivity contribution in [1.29, 1.82) is 0 Å². The molecule has 0 amide bonds. The minimum absolute atomic E-state index is 0.0256. The first kappa shape index (κ1) is 16.3. The number of methoxy groups -OCH3 is 1. The van der Waals surface area contributed by atoms with Gasteiger partial charge < -0.3 is 18.8 Å². The number of halogens is 1. The molecule has 0 spiro atoms. The van der Waals surface area contributed by atoms with E-state index in [-0.39, 0.29) is 22.0 Å². The summed E-state index contributed by atoms with van der Waals surface area (Å²) in [6, 6.07) is 9.37. The number of rotatable bonds is 5. The molecule has 0 aliphatic carbocycles. The van der Waals surface area contributed by atoms with E-state index in [1.165, 1.54) is 31.4 Å². The predicted molar refractivity (Wildman–Crippen MR) is 79.3 cm³/mol. The van der Waals surface area contributed by atoms with Crippen LogP contribution in [0.2, 0.25) is 0 Å². The van der Waals surface area contributed by atoms with Gasteiger partial charge in [-0.15, -0.1) is 0 Å². The normalized spacial score (nSPS) is 11.0. The maximum absolute atomic E-state index is 12.2. The maximum atomic E-state index is 12.2.